The fraction of sp³-hybridized carbons (Fsp3) is 0.800. The maximum atomic E-state index is 9.01. The average Bonchev–Trinajstić information content (AvgIpc) is 3.19. The normalized spacial score (nSPS) is 31.1. The van der Waals surface area contributed by atoms with Crippen molar-refractivity contribution in [3.63, 3.8) is 0 Å². The summed E-state index contributed by atoms with van der Waals surface area (Å²) in [5.41, 5.74) is 0. The summed E-state index contributed by atoms with van der Waals surface area (Å²) >= 11 is 6.01. The second-order valence-electron chi connectivity index (χ2n) is 6.36. The summed E-state index contributed by atoms with van der Waals surface area (Å²) in [6.07, 6.45) is 6.64. The van der Waals surface area contributed by atoms with Crippen molar-refractivity contribution in [3.8, 4) is 0 Å². The number of aliphatic imine (C=N–C) groups is 1. The van der Waals surface area contributed by atoms with Crippen LogP contribution >= 0.6 is 11.6 Å². The summed E-state index contributed by atoms with van der Waals surface area (Å²) in [7, 11) is 2.05. The SMILES string of the molecule is CN1CC(Cl)=CN=C1N1CCC(C2CC2CCO)CC1. The van der Waals surface area contributed by atoms with E-state index in [-0.39, 0.29) is 0 Å². The first-order valence-electron chi connectivity index (χ1n) is 7.68. The van der Waals surface area contributed by atoms with Gasteiger partial charge in [-0.15, -0.1) is 0 Å². The smallest absolute Gasteiger partial charge is 0.201 e. The van der Waals surface area contributed by atoms with Crippen LogP contribution in [0.4, 0.5) is 0 Å². The molecule has 2 unspecified atom stereocenters. The molecule has 3 rings (SSSR count). The summed E-state index contributed by atoms with van der Waals surface area (Å²) in [6.45, 7) is 3.32. The second kappa shape index (κ2) is 5.94. The van der Waals surface area contributed by atoms with E-state index in [4.69, 9.17) is 16.7 Å². The Morgan fingerprint density at radius 2 is 2.15 bits per heavy atom. The number of piperidine rings is 1. The summed E-state index contributed by atoms with van der Waals surface area (Å²) in [5.74, 6) is 3.60. The molecule has 112 valence electrons. The molecule has 0 bridgehead atoms. The van der Waals surface area contributed by atoms with Crippen molar-refractivity contribution < 1.29 is 5.11 Å². The Kier molecular flexibility index (Phi) is 4.22. The molecule has 1 N–H and O–H groups in total. The highest BCUT2D eigenvalue weighted by Crippen LogP contribution is 2.49. The molecule has 3 aliphatic rings. The number of halogens is 1. The highest BCUT2D eigenvalue weighted by Gasteiger charge is 2.43. The van der Waals surface area contributed by atoms with Gasteiger partial charge >= 0.3 is 0 Å². The lowest BCUT2D eigenvalue weighted by molar-refractivity contribution is 0.214. The molecule has 5 heteroatoms. The molecular weight excluding hydrogens is 274 g/mol. The molecule has 4 nitrogen and oxygen atoms in total. The van der Waals surface area contributed by atoms with Crippen LogP contribution in [0, 0.1) is 17.8 Å². The van der Waals surface area contributed by atoms with E-state index in [9.17, 15) is 0 Å². The summed E-state index contributed by atoms with van der Waals surface area (Å²) in [5, 5.41) is 9.81. The van der Waals surface area contributed by atoms with Crippen LogP contribution in [0.5, 0.6) is 0 Å². The van der Waals surface area contributed by atoms with Crippen molar-refractivity contribution in [2.24, 2.45) is 22.7 Å². The molecule has 0 spiro atoms. The van der Waals surface area contributed by atoms with Gasteiger partial charge in [0.05, 0.1) is 11.6 Å². The van der Waals surface area contributed by atoms with Gasteiger partial charge in [0.15, 0.2) is 0 Å². The standard InChI is InChI=1S/C15H24ClN3O/c1-18-10-13(16)9-17-15(18)19-5-2-11(3-6-19)14-8-12(14)4-7-20/h9,11-12,14,20H,2-8,10H2,1H3. The minimum absolute atomic E-state index is 0.356. The Hall–Kier alpha value is -0.740. The van der Waals surface area contributed by atoms with Gasteiger partial charge in [-0.05, 0) is 43.4 Å². The van der Waals surface area contributed by atoms with Gasteiger partial charge in [-0.3, -0.25) is 0 Å². The van der Waals surface area contributed by atoms with Gasteiger partial charge < -0.3 is 14.9 Å². The lowest BCUT2D eigenvalue weighted by atomic mass is 9.90. The first-order chi connectivity index (χ1) is 9.69. The van der Waals surface area contributed by atoms with E-state index in [0.717, 1.165) is 54.8 Å². The zero-order valence-electron chi connectivity index (χ0n) is 12.1. The van der Waals surface area contributed by atoms with Crippen molar-refractivity contribution in [1.29, 1.82) is 0 Å². The Morgan fingerprint density at radius 1 is 1.40 bits per heavy atom. The third-order valence-electron chi connectivity index (χ3n) is 4.95. The predicted molar refractivity (Wildman–Crippen MR) is 81.6 cm³/mol. The molecule has 0 aromatic heterocycles. The van der Waals surface area contributed by atoms with Gasteiger partial charge in [0.25, 0.3) is 0 Å². The van der Waals surface area contributed by atoms with E-state index < -0.39 is 0 Å². The molecular formula is C15H24ClN3O. The van der Waals surface area contributed by atoms with E-state index >= 15 is 0 Å². The molecule has 0 amide bonds. The van der Waals surface area contributed by atoms with Crippen LogP contribution in [0.1, 0.15) is 25.7 Å². The number of hydrogen-bond acceptors (Lipinski definition) is 4. The average molecular weight is 298 g/mol. The molecule has 0 aromatic rings. The molecule has 1 saturated carbocycles. The Morgan fingerprint density at radius 3 is 2.80 bits per heavy atom. The second-order valence-corrected chi connectivity index (χ2v) is 6.84. The number of nitrogens with zero attached hydrogens (tertiary/aromatic N) is 3. The van der Waals surface area contributed by atoms with Crippen LogP contribution in [0.3, 0.4) is 0 Å². The molecule has 2 heterocycles. The van der Waals surface area contributed by atoms with Crippen LogP contribution in [0.25, 0.3) is 0 Å². The van der Waals surface area contributed by atoms with Gasteiger partial charge in [0.1, 0.15) is 0 Å². The summed E-state index contributed by atoms with van der Waals surface area (Å²) in [6, 6.07) is 0. The molecule has 2 atom stereocenters. The van der Waals surface area contributed by atoms with Crippen LogP contribution in [0.15, 0.2) is 16.2 Å². The largest absolute Gasteiger partial charge is 0.396 e. The van der Waals surface area contributed by atoms with Crippen LogP contribution < -0.4 is 0 Å². The van der Waals surface area contributed by atoms with Gasteiger partial charge in [-0.2, -0.15) is 0 Å². The topological polar surface area (TPSA) is 39.1 Å². The lowest BCUT2D eigenvalue weighted by Crippen LogP contribution is -2.47. The Balaban J connectivity index is 1.52. The summed E-state index contributed by atoms with van der Waals surface area (Å²) < 4.78 is 0. The van der Waals surface area contributed by atoms with Gasteiger partial charge in [0.2, 0.25) is 5.96 Å². The van der Waals surface area contributed by atoms with E-state index in [1.54, 1.807) is 6.20 Å². The van der Waals surface area contributed by atoms with E-state index in [1.807, 2.05) is 0 Å². The number of guanidine groups is 1. The molecule has 2 fully saturated rings. The third kappa shape index (κ3) is 2.96. The minimum atomic E-state index is 0.356. The molecule has 0 aromatic carbocycles. The van der Waals surface area contributed by atoms with Gasteiger partial charge in [0, 0.05) is 32.9 Å². The first kappa shape index (κ1) is 14.2. The number of aliphatic hydroxyl groups excluding tert-OH is 1. The fourth-order valence-corrected chi connectivity index (χ4v) is 3.99. The van der Waals surface area contributed by atoms with Gasteiger partial charge in [-0.25, -0.2) is 4.99 Å². The summed E-state index contributed by atoms with van der Waals surface area (Å²) in [4.78, 5) is 9.01. The van der Waals surface area contributed by atoms with Crippen molar-refractivity contribution in [2.45, 2.75) is 25.7 Å². The Labute approximate surface area is 126 Å². The van der Waals surface area contributed by atoms with Crippen molar-refractivity contribution >= 4 is 17.6 Å². The van der Waals surface area contributed by atoms with Crippen molar-refractivity contribution in [3.05, 3.63) is 11.2 Å². The van der Waals surface area contributed by atoms with Crippen LogP contribution in [0.2, 0.25) is 0 Å². The van der Waals surface area contributed by atoms with E-state index in [0.29, 0.717) is 6.61 Å². The molecule has 0 radical (unpaired) electrons. The van der Waals surface area contributed by atoms with Crippen molar-refractivity contribution in [1.82, 2.24) is 9.80 Å². The third-order valence-corrected chi connectivity index (χ3v) is 5.17. The molecule has 2 aliphatic heterocycles. The zero-order valence-corrected chi connectivity index (χ0v) is 12.9. The van der Waals surface area contributed by atoms with Crippen LogP contribution in [-0.2, 0) is 0 Å². The molecule has 1 aliphatic carbocycles. The van der Waals surface area contributed by atoms with E-state index in [1.165, 1.54) is 19.3 Å². The molecule has 1 saturated heterocycles. The zero-order chi connectivity index (χ0) is 14.1. The lowest BCUT2D eigenvalue weighted by Gasteiger charge is -2.38. The highest BCUT2D eigenvalue weighted by atomic mass is 35.5. The Bertz CT molecular complexity index is 415. The van der Waals surface area contributed by atoms with E-state index in [2.05, 4.69) is 21.8 Å². The molecule has 20 heavy (non-hydrogen) atoms. The number of likely N-dealkylation sites (tertiary alicyclic amines) is 1. The first-order valence-corrected chi connectivity index (χ1v) is 8.06. The minimum Gasteiger partial charge on any atom is -0.396 e. The van der Waals surface area contributed by atoms with Gasteiger partial charge in [-0.1, -0.05) is 11.6 Å². The monoisotopic (exact) mass is 297 g/mol. The van der Waals surface area contributed by atoms with Crippen molar-refractivity contribution in [2.75, 3.05) is 33.3 Å². The van der Waals surface area contributed by atoms with Crippen LogP contribution in [-0.4, -0.2) is 54.2 Å². The highest BCUT2D eigenvalue weighted by molar-refractivity contribution is 6.30. The quantitative estimate of drug-likeness (QED) is 0.867. The number of rotatable bonds is 3. The predicted octanol–water partition coefficient (Wildman–Crippen LogP) is 2.10. The fourth-order valence-electron chi connectivity index (χ4n) is 3.76. The number of hydrogen-bond donors (Lipinski definition) is 1. The maximum Gasteiger partial charge on any atom is 0.201 e. The number of aliphatic hydroxyl groups is 1. The maximum absolute atomic E-state index is 9.01. The number of likely N-dealkylation sites (N-methyl/N-ethyl adjacent to an activating group) is 1.